The molecule has 0 aliphatic heterocycles. The van der Waals surface area contributed by atoms with E-state index in [9.17, 15) is 17.2 Å². The van der Waals surface area contributed by atoms with Crippen molar-refractivity contribution >= 4 is 10.0 Å². The molecule has 86 valence electrons. The van der Waals surface area contributed by atoms with Crippen LogP contribution in [0.5, 0.6) is 0 Å². The number of alkyl halides is 2. The summed E-state index contributed by atoms with van der Waals surface area (Å²) in [7, 11) is -4.06. The number of rotatable bonds is 4. The summed E-state index contributed by atoms with van der Waals surface area (Å²) in [5.74, 6) is 2.20. The molecule has 0 saturated heterocycles. The van der Waals surface area contributed by atoms with Gasteiger partial charge in [0.2, 0.25) is 10.0 Å². The molecule has 0 aromatic carbocycles. The second-order valence-electron chi connectivity index (χ2n) is 4.24. The second kappa shape index (κ2) is 3.42. The minimum atomic E-state index is -4.06. The van der Waals surface area contributed by atoms with Crippen LogP contribution in [-0.4, -0.2) is 25.1 Å². The van der Waals surface area contributed by atoms with Crippen molar-refractivity contribution in [2.75, 3.05) is 0 Å². The zero-order chi connectivity index (χ0) is 11.9. The van der Waals surface area contributed by atoms with E-state index >= 15 is 0 Å². The van der Waals surface area contributed by atoms with Gasteiger partial charge in [-0.15, -0.1) is 6.42 Å². The van der Waals surface area contributed by atoms with Crippen LogP contribution in [-0.2, 0) is 10.0 Å². The summed E-state index contributed by atoms with van der Waals surface area (Å²) in [4.78, 5) is 0. The first-order valence-electron chi connectivity index (χ1n) is 4.46. The van der Waals surface area contributed by atoms with E-state index in [0.717, 1.165) is 0 Å². The van der Waals surface area contributed by atoms with Crippen molar-refractivity contribution in [3.63, 3.8) is 0 Å². The predicted octanol–water partition coefficient (Wildman–Crippen LogP) is 1.12. The Morgan fingerprint density at radius 3 is 2.20 bits per heavy atom. The first-order chi connectivity index (χ1) is 6.67. The van der Waals surface area contributed by atoms with Crippen molar-refractivity contribution in [3.05, 3.63) is 0 Å². The average molecular weight is 237 g/mol. The zero-order valence-corrected chi connectivity index (χ0v) is 9.37. The quantitative estimate of drug-likeness (QED) is 0.745. The maximum Gasteiger partial charge on any atom is 0.259 e. The molecule has 6 heteroatoms. The van der Waals surface area contributed by atoms with Gasteiger partial charge < -0.3 is 0 Å². The molecule has 0 radical (unpaired) electrons. The Hall–Kier alpha value is -0.670. The first-order valence-corrected chi connectivity index (χ1v) is 5.95. The van der Waals surface area contributed by atoms with Gasteiger partial charge in [-0.05, 0) is 26.7 Å². The number of terminal acetylenes is 1. The summed E-state index contributed by atoms with van der Waals surface area (Å²) >= 11 is 0. The molecule has 0 bridgehead atoms. The molecule has 0 atom stereocenters. The molecule has 3 nitrogen and oxygen atoms in total. The summed E-state index contributed by atoms with van der Waals surface area (Å²) in [5, 5.41) is 0. The number of halogens is 2. The molecular weight excluding hydrogens is 224 g/mol. The van der Waals surface area contributed by atoms with E-state index in [1.807, 2.05) is 0 Å². The molecule has 15 heavy (non-hydrogen) atoms. The average Bonchev–Trinajstić information content (AvgIpc) is 2.81. The lowest BCUT2D eigenvalue weighted by atomic mass is 10.1. The lowest BCUT2D eigenvalue weighted by Crippen LogP contribution is -2.49. The highest BCUT2D eigenvalue weighted by Crippen LogP contribution is 2.48. The first kappa shape index (κ1) is 12.4. The van der Waals surface area contributed by atoms with Crippen LogP contribution < -0.4 is 4.72 Å². The van der Waals surface area contributed by atoms with E-state index < -0.39 is 26.7 Å². The largest absolute Gasteiger partial charge is 0.259 e. The number of sulfonamides is 1. The number of hydrogen-bond donors (Lipinski definition) is 1. The Bertz CT molecular complexity index is 391. The molecule has 1 aliphatic carbocycles. The van der Waals surface area contributed by atoms with E-state index in [-0.39, 0.29) is 12.8 Å². The molecule has 1 fully saturated rings. The highest BCUT2D eigenvalue weighted by Gasteiger charge is 2.62. The van der Waals surface area contributed by atoms with Crippen molar-refractivity contribution in [3.8, 4) is 12.3 Å². The van der Waals surface area contributed by atoms with Gasteiger partial charge in [0.25, 0.3) is 6.43 Å². The lowest BCUT2D eigenvalue weighted by Gasteiger charge is -2.24. The topological polar surface area (TPSA) is 46.2 Å². The molecule has 0 spiro atoms. The SMILES string of the molecule is C#CC(C)(C)NS(=O)(=O)C1(C(F)F)CC1. The van der Waals surface area contributed by atoms with Crippen molar-refractivity contribution < 1.29 is 17.2 Å². The molecule has 1 N–H and O–H groups in total. The molecule has 0 aromatic heterocycles. The summed E-state index contributed by atoms with van der Waals surface area (Å²) < 4.78 is 48.7. The fourth-order valence-corrected chi connectivity index (χ4v) is 3.00. The Kier molecular flexibility index (Phi) is 2.83. The second-order valence-corrected chi connectivity index (χ2v) is 6.26. The van der Waals surface area contributed by atoms with Gasteiger partial charge in [-0.3, -0.25) is 0 Å². The Morgan fingerprint density at radius 1 is 1.47 bits per heavy atom. The fraction of sp³-hybridized carbons (Fsp3) is 0.778. The van der Waals surface area contributed by atoms with Crippen LogP contribution in [0.2, 0.25) is 0 Å². The van der Waals surface area contributed by atoms with Gasteiger partial charge in [0.05, 0.1) is 5.54 Å². The van der Waals surface area contributed by atoms with Crippen LogP contribution in [0, 0.1) is 12.3 Å². The minimum Gasteiger partial charge on any atom is -0.212 e. The van der Waals surface area contributed by atoms with Gasteiger partial charge in [0, 0.05) is 0 Å². The molecule has 1 aliphatic rings. The third-order valence-corrected chi connectivity index (χ3v) is 4.86. The van der Waals surface area contributed by atoms with Crippen LogP contribution >= 0.6 is 0 Å². The van der Waals surface area contributed by atoms with Gasteiger partial charge in [0.1, 0.15) is 4.75 Å². The maximum absolute atomic E-state index is 12.6. The van der Waals surface area contributed by atoms with Crippen molar-refractivity contribution in [2.45, 2.75) is 43.4 Å². The summed E-state index contributed by atoms with van der Waals surface area (Å²) in [6, 6.07) is 0. The van der Waals surface area contributed by atoms with Crippen LogP contribution in [0.25, 0.3) is 0 Å². The van der Waals surface area contributed by atoms with Crippen molar-refractivity contribution in [1.82, 2.24) is 4.72 Å². The molecule has 1 saturated carbocycles. The third-order valence-electron chi connectivity index (χ3n) is 2.43. The van der Waals surface area contributed by atoms with E-state index in [2.05, 4.69) is 10.6 Å². The normalized spacial score (nSPS) is 20.0. The Morgan fingerprint density at radius 2 is 1.93 bits per heavy atom. The maximum atomic E-state index is 12.6. The van der Waals surface area contributed by atoms with E-state index in [1.54, 1.807) is 0 Å². The number of hydrogen-bond acceptors (Lipinski definition) is 2. The third kappa shape index (κ3) is 2.13. The summed E-state index contributed by atoms with van der Waals surface area (Å²) in [6.45, 7) is 2.90. The smallest absolute Gasteiger partial charge is 0.212 e. The van der Waals surface area contributed by atoms with Gasteiger partial charge in [-0.2, -0.15) is 4.72 Å². The highest BCUT2D eigenvalue weighted by molar-refractivity contribution is 7.91. The Balaban J connectivity index is 2.92. The molecule has 0 aromatic rings. The summed E-state index contributed by atoms with van der Waals surface area (Å²) in [5.41, 5.74) is -1.14. The monoisotopic (exact) mass is 237 g/mol. The molecule has 0 amide bonds. The van der Waals surface area contributed by atoms with Crippen molar-refractivity contribution in [2.24, 2.45) is 0 Å². The van der Waals surface area contributed by atoms with E-state index in [4.69, 9.17) is 6.42 Å². The van der Waals surface area contributed by atoms with Gasteiger partial charge in [-0.25, -0.2) is 17.2 Å². The van der Waals surface area contributed by atoms with Crippen molar-refractivity contribution in [1.29, 1.82) is 0 Å². The Labute approximate surface area is 88.3 Å². The standard InChI is InChI=1S/C9H13F2NO2S/c1-4-8(2,3)12-15(13,14)9(5-6-9)7(10)11/h1,7,12H,5-6H2,2-3H3. The molecule has 1 rings (SSSR count). The van der Waals surface area contributed by atoms with Gasteiger partial charge in [-0.1, -0.05) is 5.92 Å². The van der Waals surface area contributed by atoms with Crippen LogP contribution in [0.3, 0.4) is 0 Å². The van der Waals surface area contributed by atoms with Crippen LogP contribution in [0.1, 0.15) is 26.7 Å². The fourth-order valence-electron chi connectivity index (χ4n) is 1.19. The minimum absolute atomic E-state index is 0.0132. The molecule has 0 unspecified atom stereocenters. The van der Waals surface area contributed by atoms with Crippen LogP contribution in [0.4, 0.5) is 8.78 Å². The number of nitrogens with one attached hydrogen (secondary N) is 1. The van der Waals surface area contributed by atoms with Gasteiger partial charge >= 0.3 is 0 Å². The van der Waals surface area contributed by atoms with Crippen LogP contribution in [0.15, 0.2) is 0 Å². The summed E-state index contributed by atoms with van der Waals surface area (Å²) in [6.07, 6.45) is 2.19. The lowest BCUT2D eigenvalue weighted by molar-refractivity contribution is 0.132. The van der Waals surface area contributed by atoms with Gasteiger partial charge in [0.15, 0.2) is 0 Å². The van der Waals surface area contributed by atoms with E-state index in [0.29, 0.717) is 0 Å². The zero-order valence-electron chi connectivity index (χ0n) is 8.55. The molecular formula is C9H13F2NO2S. The van der Waals surface area contributed by atoms with E-state index in [1.165, 1.54) is 13.8 Å². The molecule has 0 heterocycles. The predicted molar refractivity (Wildman–Crippen MR) is 52.9 cm³/mol. The highest BCUT2D eigenvalue weighted by atomic mass is 32.2.